The van der Waals surface area contributed by atoms with Gasteiger partial charge in [-0.1, -0.05) is 0 Å². The average Bonchev–Trinajstić information content (AvgIpc) is 2.86. The molecule has 2 rings (SSSR count). The summed E-state index contributed by atoms with van der Waals surface area (Å²) in [6, 6.07) is 0.326. The maximum Gasteiger partial charge on any atom is 0.410 e. The maximum absolute atomic E-state index is 12.2. The van der Waals surface area contributed by atoms with E-state index in [9.17, 15) is 4.79 Å². The number of hydrogen-bond acceptors (Lipinski definition) is 4. The summed E-state index contributed by atoms with van der Waals surface area (Å²) in [6.07, 6.45) is 3.54. The zero-order chi connectivity index (χ0) is 15.6. The van der Waals surface area contributed by atoms with Crippen LogP contribution in [-0.2, 0) is 4.74 Å². The number of nitrogens with zero attached hydrogens (tertiary/aromatic N) is 4. The molecule has 0 saturated carbocycles. The molecule has 118 valence electrons. The van der Waals surface area contributed by atoms with Gasteiger partial charge >= 0.3 is 6.09 Å². The van der Waals surface area contributed by atoms with Crippen LogP contribution >= 0.6 is 0 Å². The van der Waals surface area contributed by atoms with Gasteiger partial charge in [-0.05, 0) is 47.5 Å². The van der Waals surface area contributed by atoms with Crippen LogP contribution in [-0.4, -0.2) is 44.4 Å². The molecule has 6 nitrogen and oxygen atoms in total. The number of carbonyl (C=O) groups excluding carboxylic acids is 1. The third kappa shape index (κ3) is 3.95. The molecular formula is C15H26N4O2. The van der Waals surface area contributed by atoms with Crippen LogP contribution in [0.25, 0.3) is 0 Å². The van der Waals surface area contributed by atoms with E-state index in [-0.39, 0.29) is 12.0 Å². The molecular weight excluding hydrogens is 268 g/mol. The number of aromatic nitrogens is 3. The molecule has 6 heteroatoms. The predicted molar refractivity (Wildman–Crippen MR) is 80.2 cm³/mol. The van der Waals surface area contributed by atoms with Gasteiger partial charge < -0.3 is 14.2 Å². The molecule has 1 atom stereocenters. The van der Waals surface area contributed by atoms with Crippen molar-refractivity contribution in [3.05, 3.63) is 12.2 Å². The summed E-state index contributed by atoms with van der Waals surface area (Å²) in [5, 5.41) is 8.29. The number of likely N-dealkylation sites (tertiary alicyclic amines) is 1. The van der Waals surface area contributed by atoms with E-state index in [1.165, 1.54) is 0 Å². The van der Waals surface area contributed by atoms with E-state index >= 15 is 0 Å². The summed E-state index contributed by atoms with van der Waals surface area (Å²) in [5.41, 5.74) is -0.456. The Morgan fingerprint density at radius 3 is 2.76 bits per heavy atom. The second-order valence-corrected chi connectivity index (χ2v) is 6.96. The molecule has 0 N–H and O–H groups in total. The third-order valence-corrected chi connectivity index (χ3v) is 3.60. The minimum atomic E-state index is -0.456. The van der Waals surface area contributed by atoms with Crippen LogP contribution < -0.4 is 0 Å². The molecule has 1 aliphatic rings. The highest BCUT2D eigenvalue weighted by molar-refractivity contribution is 5.68. The highest BCUT2D eigenvalue weighted by atomic mass is 16.6. The molecule has 1 aromatic rings. The molecule has 1 aliphatic heterocycles. The third-order valence-electron chi connectivity index (χ3n) is 3.60. The Hall–Kier alpha value is -1.59. The van der Waals surface area contributed by atoms with Gasteiger partial charge in [0.2, 0.25) is 0 Å². The lowest BCUT2D eigenvalue weighted by Gasteiger charge is -2.34. The van der Waals surface area contributed by atoms with E-state index in [1.807, 2.05) is 20.8 Å². The molecule has 2 heterocycles. The van der Waals surface area contributed by atoms with Gasteiger partial charge in [-0.25, -0.2) is 4.79 Å². The fourth-order valence-electron chi connectivity index (χ4n) is 2.62. The lowest BCUT2D eigenvalue weighted by atomic mass is 9.97. The quantitative estimate of drug-likeness (QED) is 0.841. The zero-order valence-electron chi connectivity index (χ0n) is 13.7. The number of hydrogen-bond donors (Lipinski definition) is 0. The van der Waals surface area contributed by atoms with Crippen LogP contribution in [0.1, 0.15) is 65.2 Å². The van der Waals surface area contributed by atoms with Gasteiger partial charge in [0.1, 0.15) is 17.8 Å². The van der Waals surface area contributed by atoms with E-state index in [2.05, 4.69) is 28.6 Å². The largest absolute Gasteiger partial charge is 0.444 e. The van der Waals surface area contributed by atoms with Crippen molar-refractivity contribution in [1.29, 1.82) is 0 Å². The standard InChI is InChI=1S/C15H26N4O2/c1-11(2)19-10-16-17-13(19)12-7-6-8-18(9-12)14(20)21-15(3,4)5/h10-12H,6-9H2,1-5H3/t12-/m0/s1. The number of piperidine rings is 1. The molecule has 0 radical (unpaired) electrons. The van der Waals surface area contributed by atoms with Gasteiger partial charge in [-0.2, -0.15) is 0 Å². The van der Waals surface area contributed by atoms with Crippen molar-refractivity contribution in [3.63, 3.8) is 0 Å². The monoisotopic (exact) mass is 294 g/mol. The summed E-state index contributed by atoms with van der Waals surface area (Å²) in [5.74, 6) is 1.20. The molecule has 0 aromatic carbocycles. The van der Waals surface area contributed by atoms with Crippen molar-refractivity contribution < 1.29 is 9.53 Å². The van der Waals surface area contributed by atoms with Crippen molar-refractivity contribution in [1.82, 2.24) is 19.7 Å². The second kappa shape index (κ2) is 6.03. The lowest BCUT2D eigenvalue weighted by molar-refractivity contribution is 0.0194. The van der Waals surface area contributed by atoms with Crippen LogP contribution in [0, 0.1) is 0 Å². The van der Waals surface area contributed by atoms with E-state index in [0.29, 0.717) is 12.6 Å². The van der Waals surface area contributed by atoms with Crippen molar-refractivity contribution in [2.24, 2.45) is 0 Å². The lowest BCUT2D eigenvalue weighted by Crippen LogP contribution is -2.42. The summed E-state index contributed by atoms with van der Waals surface area (Å²) >= 11 is 0. The van der Waals surface area contributed by atoms with Gasteiger partial charge in [0.05, 0.1) is 0 Å². The fourth-order valence-corrected chi connectivity index (χ4v) is 2.62. The van der Waals surface area contributed by atoms with Gasteiger partial charge in [0, 0.05) is 25.0 Å². The van der Waals surface area contributed by atoms with E-state index in [0.717, 1.165) is 25.2 Å². The topological polar surface area (TPSA) is 60.2 Å². The first-order chi connectivity index (χ1) is 9.78. The molecule has 1 amide bonds. The first-order valence-corrected chi connectivity index (χ1v) is 7.65. The van der Waals surface area contributed by atoms with Crippen LogP contribution in [0.2, 0.25) is 0 Å². The number of ether oxygens (including phenoxy) is 1. The van der Waals surface area contributed by atoms with E-state index in [1.54, 1.807) is 11.2 Å². The molecule has 1 aromatic heterocycles. The zero-order valence-corrected chi connectivity index (χ0v) is 13.7. The van der Waals surface area contributed by atoms with Gasteiger partial charge in [0.15, 0.2) is 0 Å². The Morgan fingerprint density at radius 1 is 1.43 bits per heavy atom. The van der Waals surface area contributed by atoms with Crippen LogP contribution in [0.4, 0.5) is 4.79 Å². The minimum absolute atomic E-state index is 0.233. The van der Waals surface area contributed by atoms with Gasteiger partial charge in [0.25, 0.3) is 0 Å². The van der Waals surface area contributed by atoms with Crippen LogP contribution in [0.15, 0.2) is 6.33 Å². The van der Waals surface area contributed by atoms with Crippen LogP contribution in [0.5, 0.6) is 0 Å². The molecule has 21 heavy (non-hydrogen) atoms. The van der Waals surface area contributed by atoms with Crippen molar-refractivity contribution >= 4 is 6.09 Å². The first kappa shape index (κ1) is 15.8. The Labute approximate surface area is 126 Å². The first-order valence-electron chi connectivity index (χ1n) is 7.65. The average molecular weight is 294 g/mol. The van der Waals surface area contributed by atoms with Gasteiger partial charge in [-0.15, -0.1) is 10.2 Å². The summed E-state index contributed by atoms with van der Waals surface area (Å²) in [6.45, 7) is 11.3. The Balaban J connectivity index is 2.07. The van der Waals surface area contributed by atoms with E-state index in [4.69, 9.17) is 4.74 Å². The second-order valence-electron chi connectivity index (χ2n) is 6.96. The highest BCUT2D eigenvalue weighted by Gasteiger charge is 2.30. The van der Waals surface area contributed by atoms with Crippen LogP contribution in [0.3, 0.4) is 0 Å². The molecule has 1 fully saturated rings. The Bertz CT molecular complexity index is 490. The van der Waals surface area contributed by atoms with E-state index < -0.39 is 5.60 Å². The smallest absolute Gasteiger partial charge is 0.410 e. The molecule has 0 spiro atoms. The Morgan fingerprint density at radius 2 is 2.14 bits per heavy atom. The SMILES string of the molecule is CC(C)n1cnnc1[C@H]1CCCN(C(=O)OC(C)(C)C)C1. The maximum atomic E-state index is 12.2. The normalized spacial score (nSPS) is 19.9. The summed E-state index contributed by atoms with van der Waals surface area (Å²) in [7, 11) is 0. The van der Waals surface area contributed by atoms with Gasteiger partial charge in [-0.3, -0.25) is 0 Å². The predicted octanol–water partition coefficient (Wildman–Crippen LogP) is 2.97. The number of amides is 1. The summed E-state index contributed by atoms with van der Waals surface area (Å²) < 4.78 is 7.55. The molecule has 0 aliphatic carbocycles. The van der Waals surface area contributed by atoms with Crippen molar-refractivity contribution in [3.8, 4) is 0 Å². The number of rotatable bonds is 2. The molecule has 0 unspecified atom stereocenters. The fraction of sp³-hybridized carbons (Fsp3) is 0.800. The minimum Gasteiger partial charge on any atom is -0.444 e. The summed E-state index contributed by atoms with van der Waals surface area (Å²) in [4.78, 5) is 14.0. The van der Waals surface area contributed by atoms with Crippen molar-refractivity contribution in [2.75, 3.05) is 13.1 Å². The van der Waals surface area contributed by atoms with Crippen molar-refractivity contribution in [2.45, 2.75) is 65.0 Å². The number of carbonyl (C=O) groups is 1. The highest BCUT2D eigenvalue weighted by Crippen LogP contribution is 2.27. The molecule has 1 saturated heterocycles. The molecule has 0 bridgehead atoms. The Kier molecular flexibility index (Phi) is 4.54.